The van der Waals surface area contributed by atoms with E-state index in [4.69, 9.17) is 61.3 Å². The van der Waals surface area contributed by atoms with E-state index in [9.17, 15) is 34.2 Å². The first-order valence-electron chi connectivity index (χ1n) is 28.7. The number of nitrogens with zero attached hydrogens (tertiary/aromatic N) is 6. The van der Waals surface area contributed by atoms with Crippen molar-refractivity contribution in [2.24, 2.45) is 0 Å². The summed E-state index contributed by atoms with van der Waals surface area (Å²) in [6.45, 7) is 15.9. The number of aryl methyl sites for hydroxylation is 2. The Morgan fingerprint density at radius 2 is 1.07 bits per heavy atom. The number of fused-ring (bicyclic) bond motifs is 1. The van der Waals surface area contributed by atoms with Crippen molar-refractivity contribution in [1.29, 1.82) is 0 Å². The van der Waals surface area contributed by atoms with Crippen molar-refractivity contribution in [3.8, 4) is 29.5 Å². The molecule has 2 aromatic heterocycles. The van der Waals surface area contributed by atoms with Gasteiger partial charge in [0.05, 0.1) is 146 Å². The van der Waals surface area contributed by atoms with Crippen molar-refractivity contribution in [1.82, 2.24) is 34.9 Å². The predicted molar refractivity (Wildman–Crippen MR) is 307 cm³/mol. The summed E-state index contributed by atoms with van der Waals surface area (Å²) in [5.41, 5.74) is 3.71. The van der Waals surface area contributed by atoms with Crippen molar-refractivity contribution in [3.05, 3.63) is 46.7 Å². The van der Waals surface area contributed by atoms with Crippen LogP contribution in [0.25, 0.3) is 0 Å². The van der Waals surface area contributed by atoms with Crippen LogP contribution in [0.1, 0.15) is 47.5 Å². The normalized spacial score (nSPS) is 15.4. The van der Waals surface area contributed by atoms with Crippen molar-refractivity contribution in [2.45, 2.75) is 39.0 Å². The van der Waals surface area contributed by atoms with Gasteiger partial charge in [-0.25, -0.2) is 0 Å². The molecule has 28 heteroatoms. The van der Waals surface area contributed by atoms with Crippen LogP contribution in [0.15, 0.2) is 28.7 Å². The first-order chi connectivity index (χ1) is 41.2. The van der Waals surface area contributed by atoms with Gasteiger partial charge in [0.2, 0.25) is 17.7 Å². The monoisotopic (exact) mass is 1200 g/mol. The molecule has 85 heavy (non-hydrogen) atoms. The van der Waals surface area contributed by atoms with Gasteiger partial charge in [-0.05, 0) is 54.0 Å². The Hall–Kier alpha value is -6.15. The second kappa shape index (κ2) is 39.5. The fourth-order valence-corrected chi connectivity index (χ4v) is 9.00. The van der Waals surface area contributed by atoms with Crippen molar-refractivity contribution < 1.29 is 95.4 Å². The number of aliphatic carboxylic acids is 2. The Kier molecular flexibility index (Phi) is 32.4. The Morgan fingerprint density at radius 3 is 1.53 bits per heavy atom. The lowest BCUT2D eigenvalue weighted by atomic mass is 9.86. The number of carboxylic acids is 2. The van der Waals surface area contributed by atoms with Gasteiger partial charge in [0, 0.05) is 65.0 Å². The van der Waals surface area contributed by atoms with Crippen molar-refractivity contribution in [2.75, 3.05) is 217 Å². The van der Waals surface area contributed by atoms with E-state index in [2.05, 4.69) is 46.6 Å². The smallest absolute Gasteiger partial charge is 0.323 e. The zero-order chi connectivity index (χ0) is 61.1. The number of furan rings is 1. The maximum absolute atomic E-state index is 13.3. The van der Waals surface area contributed by atoms with Crippen LogP contribution >= 0.6 is 0 Å². The molecule has 3 heterocycles. The van der Waals surface area contributed by atoms with Gasteiger partial charge >= 0.3 is 17.9 Å². The molecule has 1 saturated heterocycles. The number of hydrogen-bond donors (Lipinski definition) is 4. The van der Waals surface area contributed by atoms with E-state index in [1.165, 1.54) is 31.4 Å². The number of benzene rings is 1. The van der Waals surface area contributed by atoms with Crippen molar-refractivity contribution >= 4 is 35.7 Å². The molecule has 0 saturated carbocycles. The van der Waals surface area contributed by atoms with E-state index in [1.807, 2.05) is 16.7 Å². The van der Waals surface area contributed by atoms with Crippen LogP contribution in [0, 0.1) is 6.92 Å². The lowest BCUT2D eigenvalue weighted by molar-refractivity contribution is -0.140. The van der Waals surface area contributed by atoms with Crippen LogP contribution in [0.4, 0.5) is 5.69 Å². The fraction of sp³-hybridized carbons (Fsp3) is 0.667. The second-order valence-corrected chi connectivity index (χ2v) is 20.4. The molecule has 0 bridgehead atoms. The van der Waals surface area contributed by atoms with Crippen LogP contribution in [0.5, 0.6) is 29.5 Å². The lowest BCUT2D eigenvalue weighted by Crippen LogP contribution is -2.49. The number of carbonyl (C=O) groups is 5. The number of methoxy groups -OCH3 is 2. The number of aldehydes is 1. The molecule has 476 valence electrons. The number of amides is 2. The maximum Gasteiger partial charge on any atom is 0.323 e. The molecule has 3 aromatic rings. The SMILES string of the molecule is COc1nc(OCCOCCOCCOCCOCCOCCOCCOCCOCCNC(=O)CN2CCN(CC=O)CCN(CC(=O)O)CCN(CC(=O)O)CC2)nc(OC)c1NC(=O)c1ccc(Oc2cc3c(cc2C)CCC3(C)C)o1. The summed E-state index contributed by atoms with van der Waals surface area (Å²) >= 11 is 0. The third-order valence-corrected chi connectivity index (χ3v) is 13.6. The van der Waals surface area contributed by atoms with Gasteiger partial charge in [-0.15, -0.1) is 0 Å². The number of aromatic nitrogens is 2. The quantitative estimate of drug-likeness (QED) is 0.0465. The van der Waals surface area contributed by atoms with Gasteiger partial charge in [0.15, 0.2) is 11.4 Å². The number of nitrogens with one attached hydrogen (secondary N) is 2. The number of ether oxygens (including phenoxy) is 12. The van der Waals surface area contributed by atoms with Crippen LogP contribution in [-0.2, 0) is 68.9 Å². The van der Waals surface area contributed by atoms with Gasteiger partial charge in [-0.1, -0.05) is 19.9 Å². The molecule has 2 amide bonds. The van der Waals surface area contributed by atoms with Crippen LogP contribution in [0.2, 0.25) is 0 Å². The summed E-state index contributed by atoms with van der Waals surface area (Å²) in [6, 6.07) is 7.28. The summed E-state index contributed by atoms with van der Waals surface area (Å²) in [5.74, 6) is -1.89. The second-order valence-electron chi connectivity index (χ2n) is 20.4. The van der Waals surface area contributed by atoms with Crippen LogP contribution in [-0.4, -0.2) is 281 Å². The Morgan fingerprint density at radius 1 is 0.624 bits per heavy atom. The number of rotatable bonds is 42. The highest BCUT2D eigenvalue weighted by atomic mass is 16.6. The number of carbonyl (C=O) groups excluding carboxylic acids is 3. The minimum Gasteiger partial charge on any atom is -0.480 e. The first kappa shape index (κ1) is 69.6. The van der Waals surface area contributed by atoms with Gasteiger partial charge in [0.1, 0.15) is 18.6 Å². The van der Waals surface area contributed by atoms with Gasteiger partial charge in [-0.3, -0.25) is 38.8 Å². The molecule has 4 N–H and O–H groups in total. The van der Waals surface area contributed by atoms with E-state index in [0.717, 1.165) is 24.7 Å². The lowest BCUT2D eigenvalue weighted by Gasteiger charge is -2.32. The molecule has 1 aliphatic heterocycles. The molecule has 0 unspecified atom stereocenters. The third kappa shape index (κ3) is 27.0. The first-order valence-corrected chi connectivity index (χ1v) is 28.7. The largest absolute Gasteiger partial charge is 0.480 e. The Bertz CT molecular complexity index is 2440. The Balaban J connectivity index is 0.786. The number of hydrogen-bond acceptors (Lipinski definition) is 24. The van der Waals surface area contributed by atoms with E-state index in [-0.39, 0.29) is 85.9 Å². The van der Waals surface area contributed by atoms with Gasteiger partial charge < -0.3 is 86.9 Å². The zero-order valence-electron chi connectivity index (χ0n) is 49.9. The molecular formula is C57H88N8O20. The van der Waals surface area contributed by atoms with Crippen LogP contribution in [0.3, 0.4) is 0 Å². The van der Waals surface area contributed by atoms with E-state index in [0.29, 0.717) is 164 Å². The average Bonchev–Trinajstić information content (AvgIpc) is 2.34. The Labute approximate surface area is 496 Å². The van der Waals surface area contributed by atoms with E-state index >= 15 is 0 Å². The standard InChI is InChI=1S/C57H88N8O20/c1-43-38-44-8-9-57(2,3)45(44)39-47(43)85-51-7-6-46(84-51)53(72)59-52-54(73-4)60-56(61-55(52)74-5)83-37-36-82-35-34-81-33-32-80-31-30-79-29-28-78-27-26-77-25-24-76-23-22-75-21-10-58-48(67)40-63-13-11-62(19-20-66)12-14-64(41-49(68)69)17-18-65(16-15-63)42-50(70)71/h6-7,20,38-39H,8-19,21-37,40-42H2,1-5H3,(H,58,67)(H,59,72)(H,68,69)(H,70,71). The van der Waals surface area contributed by atoms with Gasteiger partial charge in [0.25, 0.3) is 11.9 Å². The van der Waals surface area contributed by atoms with E-state index in [1.54, 1.807) is 15.9 Å². The number of anilines is 1. The topological polar surface area (TPSA) is 313 Å². The summed E-state index contributed by atoms with van der Waals surface area (Å²) in [7, 11) is 2.79. The molecule has 0 atom stereocenters. The summed E-state index contributed by atoms with van der Waals surface area (Å²) in [6.07, 6.45) is 2.91. The molecule has 0 spiro atoms. The third-order valence-electron chi connectivity index (χ3n) is 13.6. The molecule has 1 fully saturated rings. The fourth-order valence-electron chi connectivity index (χ4n) is 9.00. The van der Waals surface area contributed by atoms with Crippen LogP contribution < -0.4 is 29.6 Å². The molecule has 1 aliphatic carbocycles. The summed E-state index contributed by atoms with van der Waals surface area (Å²) in [4.78, 5) is 76.2. The minimum atomic E-state index is -0.991. The maximum atomic E-state index is 13.3. The minimum absolute atomic E-state index is 0.00191. The van der Waals surface area contributed by atoms with Gasteiger partial charge in [-0.2, -0.15) is 9.97 Å². The van der Waals surface area contributed by atoms with Crippen molar-refractivity contribution in [3.63, 3.8) is 0 Å². The molecule has 1 aromatic carbocycles. The summed E-state index contributed by atoms with van der Waals surface area (Å²) < 4.78 is 72.8. The number of carboxylic acid groups (broad SMARTS) is 2. The van der Waals surface area contributed by atoms with E-state index < -0.39 is 17.8 Å². The summed E-state index contributed by atoms with van der Waals surface area (Å²) in [5, 5.41) is 24.3. The predicted octanol–water partition coefficient (Wildman–Crippen LogP) is 1.88. The molecule has 2 aliphatic rings. The highest BCUT2D eigenvalue weighted by molar-refractivity contribution is 6.03. The highest BCUT2D eigenvalue weighted by Crippen LogP contribution is 2.42. The average molecular weight is 1210 g/mol. The molecular weight excluding hydrogens is 1120 g/mol. The molecule has 0 radical (unpaired) electrons. The molecule has 5 rings (SSSR count). The zero-order valence-corrected chi connectivity index (χ0v) is 49.9. The molecule has 28 nitrogen and oxygen atoms in total. The highest BCUT2D eigenvalue weighted by Gasteiger charge is 2.31.